The first-order valence-electron chi connectivity index (χ1n) is 4.72. The molecule has 0 bridgehead atoms. The number of aliphatic hydroxyl groups is 1. The minimum absolute atomic E-state index is 0.138. The maximum Gasteiger partial charge on any atom is 0.0774 e. The van der Waals surface area contributed by atoms with Crippen LogP contribution in [0.5, 0.6) is 0 Å². The van der Waals surface area contributed by atoms with Gasteiger partial charge in [-0.2, -0.15) is 0 Å². The second-order valence-corrected chi connectivity index (χ2v) is 5.84. The van der Waals surface area contributed by atoms with Gasteiger partial charge in [0, 0.05) is 9.77 Å². The lowest BCUT2D eigenvalue weighted by molar-refractivity contribution is 0.285. The second kappa shape index (κ2) is 4.84. The normalized spacial score (nSPS) is 10.5. The highest BCUT2D eigenvalue weighted by molar-refractivity contribution is 8.01. The van der Waals surface area contributed by atoms with Crippen LogP contribution in [0, 0.1) is 6.92 Å². The first kappa shape index (κ1) is 10.7. The lowest BCUT2D eigenvalue weighted by atomic mass is 10.2. The lowest BCUT2D eigenvalue weighted by Gasteiger charge is -1.99. The molecule has 1 heterocycles. The van der Waals surface area contributed by atoms with Gasteiger partial charge in [-0.05, 0) is 31.2 Å². The molecule has 15 heavy (non-hydrogen) atoms. The molecular formula is C12H12OS2. The molecule has 0 saturated carbocycles. The number of rotatable bonds is 3. The zero-order valence-corrected chi connectivity index (χ0v) is 10.1. The summed E-state index contributed by atoms with van der Waals surface area (Å²) in [6.07, 6.45) is 0. The van der Waals surface area contributed by atoms with Crippen LogP contribution in [0.15, 0.2) is 45.5 Å². The third-order valence-corrected chi connectivity index (χ3v) is 4.19. The van der Waals surface area contributed by atoms with Crippen molar-refractivity contribution in [3.05, 3.63) is 46.8 Å². The van der Waals surface area contributed by atoms with E-state index in [9.17, 15) is 0 Å². The average Bonchev–Trinajstić information content (AvgIpc) is 2.65. The second-order valence-electron chi connectivity index (χ2n) is 3.30. The predicted molar refractivity (Wildman–Crippen MR) is 65.5 cm³/mol. The molecule has 0 aliphatic carbocycles. The van der Waals surface area contributed by atoms with Gasteiger partial charge in [0.15, 0.2) is 0 Å². The van der Waals surface area contributed by atoms with Crippen molar-refractivity contribution in [2.75, 3.05) is 0 Å². The topological polar surface area (TPSA) is 20.2 Å². The molecule has 1 nitrogen and oxygen atoms in total. The molecule has 0 saturated heterocycles. The molecule has 0 atom stereocenters. The van der Waals surface area contributed by atoms with Crippen LogP contribution >= 0.6 is 23.1 Å². The van der Waals surface area contributed by atoms with Gasteiger partial charge in [-0.1, -0.05) is 29.5 Å². The smallest absolute Gasteiger partial charge is 0.0774 e. The molecule has 0 amide bonds. The molecule has 0 aliphatic rings. The van der Waals surface area contributed by atoms with Crippen molar-refractivity contribution < 1.29 is 5.11 Å². The Morgan fingerprint density at radius 1 is 1.27 bits per heavy atom. The van der Waals surface area contributed by atoms with Gasteiger partial charge in [0.05, 0.1) is 10.8 Å². The van der Waals surface area contributed by atoms with Crippen LogP contribution in [0.4, 0.5) is 0 Å². The van der Waals surface area contributed by atoms with Crippen molar-refractivity contribution in [2.24, 2.45) is 0 Å². The summed E-state index contributed by atoms with van der Waals surface area (Å²) in [5, 5.41) is 8.96. The Morgan fingerprint density at radius 2 is 2.13 bits per heavy atom. The first-order chi connectivity index (χ1) is 7.28. The third kappa shape index (κ3) is 2.84. The van der Waals surface area contributed by atoms with E-state index in [0.29, 0.717) is 0 Å². The molecule has 0 spiro atoms. The third-order valence-electron chi connectivity index (χ3n) is 2.00. The average molecular weight is 236 g/mol. The number of thiophene rings is 1. The summed E-state index contributed by atoms with van der Waals surface area (Å²) in [6.45, 7) is 2.23. The molecule has 0 aliphatic heterocycles. The van der Waals surface area contributed by atoms with Crippen LogP contribution in [0.3, 0.4) is 0 Å². The lowest BCUT2D eigenvalue weighted by Crippen LogP contribution is -1.72. The Kier molecular flexibility index (Phi) is 3.46. The van der Waals surface area contributed by atoms with Crippen LogP contribution in [-0.2, 0) is 6.61 Å². The van der Waals surface area contributed by atoms with Crippen LogP contribution in [0.1, 0.15) is 10.4 Å². The Balaban J connectivity index is 2.14. The van der Waals surface area contributed by atoms with Crippen LogP contribution in [0.25, 0.3) is 0 Å². The summed E-state index contributed by atoms with van der Waals surface area (Å²) >= 11 is 3.39. The highest BCUT2D eigenvalue weighted by atomic mass is 32.2. The number of benzene rings is 1. The van der Waals surface area contributed by atoms with E-state index in [2.05, 4.69) is 37.3 Å². The molecule has 0 radical (unpaired) electrons. The molecule has 1 N–H and O–H groups in total. The van der Waals surface area contributed by atoms with Crippen LogP contribution in [-0.4, -0.2) is 5.11 Å². The molecule has 0 unspecified atom stereocenters. The zero-order chi connectivity index (χ0) is 10.7. The summed E-state index contributed by atoms with van der Waals surface area (Å²) in [5.41, 5.74) is 1.28. The van der Waals surface area contributed by atoms with E-state index < -0.39 is 0 Å². The number of aliphatic hydroxyl groups excluding tert-OH is 1. The molecule has 78 valence electrons. The Morgan fingerprint density at radius 3 is 2.80 bits per heavy atom. The first-order valence-corrected chi connectivity index (χ1v) is 6.35. The fraction of sp³-hybridized carbons (Fsp3) is 0.167. The van der Waals surface area contributed by atoms with Gasteiger partial charge in [0.2, 0.25) is 0 Å². The summed E-state index contributed by atoms with van der Waals surface area (Å²) in [7, 11) is 0. The van der Waals surface area contributed by atoms with Crippen molar-refractivity contribution in [1.29, 1.82) is 0 Å². The Labute approximate surface area is 97.8 Å². The fourth-order valence-electron chi connectivity index (χ4n) is 1.29. The van der Waals surface area contributed by atoms with E-state index in [4.69, 9.17) is 5.11 Å². The number of hydrogen-bond donors (Lipinski definition) is 1. The molecule has 2 rings (SSSR count). The molecule has 3 heteroatoms. The maximum absolute atomic E-state index is 8.96. The minimum atomic E-state index is 0.138. The molecule has 0 fully saturated rings. The van der Waals surface area contributed by atoms with Gasteiger partial charge in [0.1, 0.15) is 0 Å². The highest BCUT2D eigenvalue weighted by Crippen LogP contribution is 2.33. The van der Waals surface area contributed by atoms with E-state index in [1.54, 1.807) is 23.1 Å². The summed E-state index contributed by atoms with van der Waals surface area (Å²) in [6, 6.07) is 12.5. The maximum atomic E-state index is 8.96. The highest BCUT2D eigenvalue weighted by Gasteiger charge is 2.01. The van der Waals surface area contributed by atoms with E-state index in [1.165, 1.54) is 14.7 Å². The summed E-state index contributed by atoms with van der Waals surface area (Å²) in [4.78, 5) is 2.27. The van der Waals surface area contributed by atoms with Gasteiger partial charge in [-0.15, -0.1) is 11.3 Å². The molecule has 1 aromatic carbocycles. The largest absolute Gasteiger partial charge is 0.391 e. The van der Waals surface area contributed by atoms with Crippen molar-refractivity contribution in [1.82, 2.24) is 0 Å². The van der Waals surface area contributed by atoms with Crippen molar-refractivity contribution in [2.45, 2.75) is 22.6 Å². The summed E-state index contributed by atoms with van der Waals surface area (Å²) < 4.78 is 1.23. The van der Waals surface area contributed by atoms with Gasteiger partial charge in [-0.25, -0.2) is 0 Å². The zero-order valence-electron chi connectivity index (χ0n) is 8.43. The minimum Gasteiger partial charge on any atom is -0.391 e. The molecule has 2 aromatic rings. The van der Waals surface area contributed by atoms with Crippen molar-refractivity contribution in [3.63, 3.8) is 0 Å². The van der Waals surface area contributed by atoms with Crippen LogP contribution in [0.2, 0.25) is 0 Å². The Hall–Kier alpha value is -0.770. The van der Waals surface area contributed by atoms with Gasteiger partial charge in [-0.3, -0.25) is 0 Å². The van der Waals surface area contributed by atoms with E-state index in [1.807, 2.05) is 6.07 Å². The number of hydrogen-bond acceptors (Lipinski definition) is 3. The monoisotopic (exact) mass is 236 g/mol. The number of aryl methyl sites for hydroxylation is 1. The Bertz CT molecular complexity index is 448. The summed E-state index contributed by atoms with van der Waals surface area (Å²) in [5.74, 6) is 0. The van der Waals surface area contributed by atoms with Crippen molar-refractivity contribution in [3.8, 4) is 0 Å². The standard InChI is InChI=1S/C12H12OS2/c1-9-3-2-4-10(7-9)14-12-6-5-11(8-13)15-12/h2-7,13H,8H2,1H3. The fourth-order valence-corrected chi connectivity index (χ4v) is 3.42. The van der Waals surface area contributed by atoms with Gasteiger partial charge < -0.3 is 5.11 Å². The molecular weight excluding hydrogens is 224 g/mol. The van der Waals surface area contributed by atoms with Crippen molar-refractivity contribution >= 4 is 23.1 Å². The molecule has 1 aromatic heterocycles. The van der Waals surface area contributed by atoms with Crippen LogP contribution < -0.4 is 0 Å². The van der Waals surface area contributed by atoms with E-state index in [-0.39, 0.29) is 6.61 Å². The van der Waals surface area contributed by atoms with Gasteiger partial charge in [0.25, 0.3) is 0 Å². The predicted octanol–water partition coefficient (Wildman–Crippen LogP) is 3.70. The SMILES string of the molecule is Cc1cccc(Sc2ccc(CO)s2)c1. The van der Waals surface area contributed by atoms with Gasteiger partial charge >= 0.3 is 0 Å². The van der Waals surface area contributed by atoms with E-state index in [0.717, 1.165) is 4.88 Å². The van der Waals surface area contributed by atoms with E-state index >= 15 is 0 Å². The quantitative estimate of drug-likeness (QED) is 0.877.